The minimum atomic E-state index is -3.59. The number of hydrogen-bond acceptors (Lipinski definition) is 5. The predicted octanol–water partition coefficient (Wildman–Crippen LogP) is 2.85. The number of carbonyl (C=O) groups is 2. The first-order chi connectivity index (χ1) is 14.8. The first kappa shape index (κ1) is 22.6. The van der Waals surface area contributed by atoms with Crippen molar-refractivity contribution in [1.82, 2.24) is 9.62 Å². The van der Waals surface area contributed by atoms with Gasteiger partial charge in [-0.1, -0.05) is 26.7 Å². The molecule has 7 nitrogen and oxygen atoms in total. The second kappa shape index (κ2) is 9.11. The minimum absolute atomic E-state index is 0.0861. The van der Waals surface area contributed by atoms with Crippen LogP contribution in [0, 0.1) is 11.8 Å². The Balaban J connectivity index is 1.54. The molecule has 1 aromatic carbocycles. The Bertz CT molecular complexity index is 960. The molecule has 31 heavy (non-hydrogen) atoms. The SMILES string of the molecule is C[C@@H]1[C@H](C)CCC[C@H]1NC(=O)CN1C(=O)CSc2ccc(S(=O)(=O)N3CCCC3)cc21. The van der Waals surface area contributed by atoms with Gasteiger partial charge in [-0.3, -0.25) is 9.59 Å². The molecule has 0 unspecified atom stereocenters. The molecule has 0 aromatic heterocycles. The summed E-state index contributed by atoms with van der Waals surface area (Å²) in [4.78, 5) is 28.0. The van der Waals surface area contributed by atoms with E-state index in [1.54, 1.807) is 18.2 Å². The van der Waals surface area contributed by atoms with Gasteiger partial charge in [0.15, 0.2) is 0 Å². The van der Waals surface area contributed by atoms with Gasteiger partial charge < -0.3 is 10.2 Å². The summed E-state index contributed by atoms with van der Waals surface area (Å²) < 4.78 is 27.5. The highest BCUT2D eigenvalue weighted by molar-refractivity contribution is 8.00. The summed E-state index contributed by atoms with van der Waals surface area (Å²) in [5, 5.41) is 3.12. The number of amides is 2. The van der Waals surface area contributed by atoms with E-state index in [2.05, 4.69) is 19.2 Å². The Morgan fingerprint density at radius 1 is 1.16 bits per heavy atom. The molecule has 1 saturated carbocycles. The molecule has 0 spiro atoms. The Morgan fingerprint density at radius 3 is 2.65 bits per heavy atom. The second-order valence-corrected chi connectivity index (χ2v) is 11.9. The van der Waals surface area contributed by atoms with Crippen LogP contribution in [-0.4, -0.2) is 56.0 Å². The number of hydrogen-bond donors (Lipinski definition) is 1. The molecular weight excluding hydrogens is 434 g/mol. The number of rotatable bonds is 5. The van der Waals surface area contributed by atoms with Crippen LogP contribution in [0.1, 0.15) is 46.0 Å². The maximum Gasteiger partial charge on any atom is 0.243 e. The summed E-state index contributed by atoms with van der Waals surface area (Å²) in [6.07, 6.45) is 4.95. The molecule has 0 bridgehead atoms. The molecule has 2 amide bonds. The molecule has 3 aliphatic rings. The van der Waals surface area contributed by atoms with Gasteiger partial charge >= 0.3 is 0 Å². The van der Waals surface area contributed by atoms with Crippen LogP contribution in [0.25, 0.3) is 0 Å². The number of sulfonamides is 1. The number of thioether (sulfide) groups is 1. The van der Waals surface area contributed by atoms with Crippen LogP contribution in [0.4, 0.5) is 5.69 Å². The van der Waals surface area contributed by atoms with Crippen molar-refractivity contribution >= 4 is 39.3 Å². The molecule has 1 N–H and O–H groups in total. The maximum atomic E-state index is 13.0. The zero-order valence-electron chi connectivity index (χ0n) is 18.2. The van der Waals surface area contributed by atoms with E-state index < -0.39 is 10.0 Å². The van der Waals surface area contributed by atoms with E-state index >= 15 is 0 Å². The van der Waals surface area contributed by atoms with Gasteiger partial charge in [-0.05, 0) is 49.3 Å². The highest BCUT2D eigenvalue weighted by atomic mass is 32.2. The standard InChI is InChI=1S/C22H31N3O4S2/c1-15-6-5-7-18(16(15)2)23-21(26)13-25-19-12-17(8-9-20(19)30-14-22(25)27)31(28,29)24-10-3-4-11-24/h8-9,12,15-16,18H,3-7,10-11,13-14H2,1-2H3,(H,23,26)/t15-,16-,18-/m1/s1. The van der Waals surface area contributed by atoms with Crippen LogP contribution in [0.15, 0.2) is 28.0 Å². The summed E-state index contributed by atoms with van der Waals surface area (Å²) in [5.41, 5.74) is 0.515. The zero-order valence-corrected chi connectivity index (χ0v) is 19.8. The van der Waals surface area contributed by atoms with Gasteiger partial charge in [0.2, 0.25) is 21.8 Å². The fourth-order valence-corrected chi connectivity index (χ4v) is 7.23. The molecule has 2 aliphatic heterocycles. The van der Waals surface area contributed by atoms with Gasteiger partial charge in [0.05, 0.1) is 16.3 Å². The molecule has 9 heteroatoms. The highest BCUT2D eigenvalue weighted by Crippen LogP contribution is 2.38. The number of fused-ring (bicyclic) bond motifs is 1. The van der Waals surface area contributed by atoms with Crippen LogP contribution in [-0.2, 0) is 19.6 Å². The van der Waals surface area contributed by atoms with E-state index in [1.165, 1.54) is 27.4 Å². The predicted molar refractivity (Wildman–Crippen MR) is 122 cm³/mol. The van der Waals surface area contributed by atoms with Gasteiger partial charge in [-0.15, -0.1) is 11.8 Å². The fraction of sp³-hybridized carbons (Fsp3) is 0.636. The van der Waals surface area contributed by atoms with Crippen molar-refractivity contribution in [2.75, 3.05) is 30.3 Å². The van der Waals surface area contributed by atoms with Crippen molar-refractivity contribution in [3.05, 3.63) is 18.2 Å². The average Bonchev–Trinajstić information content (AvgIpc) is 3.29. The molecule has 1 aliphatic carbocycles. The second-order valence-electron chi connectivity index (χ2n) is 8.95. The number of nitrogens with zero attached hydrogens (tertiary/aromatic N) is 2. The van der Waals surface area contributed by atoms with Crippen LogP contribution < -0.4 is 10.2 Å². The molecule has 2 heterocycles. The number of nitrogens with one attached hydrogen (secondary N) is 1. The quantitative estimate of drug-likeness (QED) is 0.723. The lowest BCUT2D eigenvalue weighted by atomic mass is 9.78. The van der Waals surface area contributed by atoms with E-state index in [-0.39, 0.29) is 35.0 Å². The number of benzene rings is 1. The van der Waals surface area contributed by atoms with Crippen molar-refractivity contribution in [3.8, 4) is 0 Å². The average molecular weight is 466 g/mol. The third-order valence-corrected chi connectivity index (χ3v) is 9.87. The van der Waals surface area contributed by atoms with Gasteiger partial charge in [0.1, 0.15) is 6.54 Å². The topological polar surface area (TPSA) is 86.8 Å². The zero-order chi connectivity index (χ0) is 22.2. The lowest BCUT2D eigenvalue weighted by Gasteiger charge is -2.35. The summed E-state index contributed by atoms with van der Waals surface area (Å²) >= 11 is 1.38. The van der Waals surface area contributed by atoms with Crippen molar-refractivity contribution < 1.29 is 18.0 Å². The Labute approximate surface area is 189 Å². The summed E-state index contributed by atoms with van der Waals surface area (Å²) in [5.74, 6) is 0.842. The summed E-state index contributed by atoms with van der Waals surface area (Å²) in [6.45, 7) is 5.35. The highest BCUT2D eigenvalue weighted by Gasteiger charge is 2.33. The molecule has 2 fully saturated rings. The molecular formula is C22H31N3O4S2. The molecule has 1 aromatic rings. The minimum Gasteiger partial charge on any atom is -0.352 e. The van der Waals surface area contributed by atoms with E-state index in [9.17, 15) is 18.0 Å². The third kappa shape index (κ3) is 4.64. The molecule has 170 valence electrons. The Kier molecular flexibility index (Phi) is 6.65. The first-order valence-corrected chi connectivity index (χ1v) is 13.6. The van der Waals surface area contributed by atoms with E-state index in [4.69, 9.17) is 0 Å². The third-order valence-electron chi connectivity index (χ3n) is 6.93. The summed E-state index contributed by atoms with van der Waals surface area (Å²) in [6, 6.07) is 5.04. The molecule has 4 rings (SSSR count). The van der Waals surface area contributed by atoms with Crippen LogP contribution in [0.2, 0.25) is 0 Å². The fourth-order valence-electron chi connectivity index (χ4n) is 4.78. The smallest absolute Gasteiger partial charge is 0.243 e. The van der Waals surface area contributed by atoms with E-state index in [0.29, 0.717) is 30.6 Å². The van der Waals surface area contributed by atoms with Crippen molar-refractivity contribution in [2.24, 2.45) is 11.8 Å². The van der Waals surface area contributed by atoms with Gasteiger partial charge in [0.25, 0.3) is 0 Å². The van der Waals surface area contributed by atoms with Crippen molar-refractivity contribution in [3.63, 3.8) is 0 Å². The van der Waals surface area contributed by atoms with Gasteiger partial charge in [-0.2, -0.15) is 4.31 Å². The van der Waals surface area contributed by atoms with Crippen LogP contribution in [0.3, 0.4) is 0 Å². The molecule has 1 saturated heterocycles. The van der Waals surface area contributed by atoms with Crippen molar-refractivity contribution in [2.45, 2.75) is 61.8 Å². The van der Waals surface area contributed by atoms with E-state index in [1.807, 2.05) is 0 Å². The van der Waals surface area contributed by atoms with Crippen LogP contribution in [0.5, 0.6) is 0 Å². The Morgan fingerprint density at radius 2 is 1.90 bits per heavy atom. The lowest BCUT2D eigenvalue weighted by molar-refractivity contribution is -0.124. The van der Waals surface area contributed by atoms with Gasteiger partial charge in [0, 0.05) is 24.0 Å². The van der Waals surface area contributed by atoms with E-state index in [0.717, 1.165) is 30.6 Å². The maximum absolute atomic E-state index is 13.0. The monoisotopic (exact) mass is 465 g/mol. The Hall–Kier alpha value is -1.58. The molecule has 3 atom stereocenters. The largest absolute Gasteiger partial charge is 0.352 e. The lowest BCUT2D eigenvalue weighted by Crippen LogP contribution is -2.49. The van der Waals surface area contributed by atoms with Crippen molar-refractivity contribution in [1.29, 1.82) is 0 Å². The van der Waals surface area contributed by atoms with Crippen LogP contribution >= 0.6 is 11.8 Å². The number of anilines is 1. The first-order valence-electron chi connectivity index (χ1n) is 11.1. The van der Waals surface area contributed by atoms with Gasteiger partial charge in [-0.25, -0.2) is 8.42 Å². The normalized spacial score (nSPS) is 27.2. The number of carbonyl (C=O) groups excluding carboxylic acids is 2. The molecule has 0 radical (unpaired) electrons. The summed E-state index contributed by atoms with van der Waals surface area (Å²) in [7, 11) is -3.59.